The average molecular weight is 418 g/mol. The van der Waals surface area contributed by atoms with Crippen molar-refractivity contribution in [1.29, 1.82) is 0 Å². The van der Waals surface area contributed by atoms with E-state index in [-0.39, 0.29) is 29.8 Å². The van der Waals surface area contributed by atoms with E-state index < -0.39 is 23.2 Å². The summed E-state index contributed by atoms with van der Waals surface area (Å²) in [5, 5.41) is 6.16. The van der Waals surface area contributed by atoms with Gasteiger partial charge in [0.05, 0.1) is 11.8 Å². The molecule has 1 aromatic carbocycles. The number of carbonyl (C=O) groups excluding carboxylic acids is 3. The molecule has 1 spiro atoms. The molecule has 8 heteroatoms. The third-order valence-electron chi connectivity index (χ3n) is 7.03. The number of nitrogens with zero attached hydrogens (tertiary/aromatic N) is 1. The summed E-state index contributed by atoms with van der Waals surface area (Å²) >= 11 is 1.66. The van der Waals surface area contributed by atoms with Crippen molar-refractivity contribution >= 4 is 35.2 Å². The van der Waals surface area contributed by atoms with Gasteiger partial charge in [-0.1, -0.05) is 12.8 Å². The lowest BCUT2D eigenvalue weighted by Crippen LogP contribution is -2.54. The Balaban J connectivity index is 1.63. The van der Waals surface area contributed by atoms with Gasteiger partial charge in [0.1, 0.15) is 11.4 Å². The fourth-order valence-electron chi connectivity index (χ4n) is 5.81. The number of carbonyl (C=O) groups is 3. The molecule has 0 unspecified atom stereocenters. The number of amides is 3. The molecule has 6 nitrogen and oxygen atoms in total. The average Bonchev–Trinajstić information content (AvgIpc) is 3.43. The van der Waals surface area contributed by atoms with E-state index in [2.05, 4.69) is 10.6 Å². The highest BCUT2D eigenvalue weighted by Crippen LogP contribution is 2.54. The Labute approximate surface area is 173 Å². The summed E-state index contributed by atoms with van der Waals surface area (Å²) in [6.45, 7) is 0. The molecule has 3 amide bonds. The number of fused-ring (bicyclic) bond motifs is 4. The lowest BCUT2D eigenvalue weighted by molar-refractivity contribution is -0.145. The van der Waals surface area contributed by atoms with Crippen LogP contribution in [0, 0.1) is 17.7 Å². The lowest BCUT2D eigenvalue weighted by atomic mass is 9.76. The molecule has 1 aromatic rings. The van der Waals surface area contributed by atoms with Crippen LogP contribution in [0.3, 0.4) is 0 Å². The minimum absolute atomic E-state index is 0.0738. The van der Waals surface area contributed by atoms with E-state index in [0.717, 1.165) is 31.4 Å². The summed E-state index contributed by atoms with van der Waals surface area (Å²) in [6, 6.07) is 3.77. The molecule has 1 saturated carbocycles. The van der Waals surface area contributed by atoms with Crippen molar-refractivity contribution in [2.24, 2.45) is 11.8 Å². The molecule has 3 fully saturated rings. The molecule has 4 aliphatic rings. The molecule has 0 bridgehead atoms. The summed E-state index contributed by atoms with van der Waals surface area (Å²) in [6.07, 6.45) is 6.31. The maximum Gasteiger partial charge on any atom is 0.250 e. The summed E-state index contributed by atoms with van der Waals surface area (Å²) in [5.74, 6) is -1.89. The number of rotatable bonds is 4. The standard InChI is InChI=1S/C21H24FN3O3S/c1-29-9-8-15-16-17(19(27)25(18(16)26)12-4-2-3-5-12)21(24-15)13-10-11(22)6-7-14(13)23-20(21)28/h6-7,10,12,15-17,24H,2-5,8-9H2,1H3,(H,23,28)/t15-,16+,17+,21+/m0/s1. The van der Waals surface area contributed by atoms with Crippen molar-refractivity contribution in [1.82, 2.24) is 10.2 Å². The largest absolute Gasteiger partial charge is 0.324 e. The van der Waals surface area contributed by atoms with Gasteiger partial charge in [-0.15, -0.1) is 0 Å². The van der Waals surface area contributed by atoms with Crippen LogP contribution >= 0.6 is 11.8 Å². The Kier molecular flexibility index (Phi) is 4.47. The van der Waals surface area contributed by atoms with Crippen LogP contribution in [0.4, 0.5) is 10.1 Å². The summed E-state index contributed by atoms with van der Waals surface area (Å²) in [7, 11) is 0. The van der Waals surface area contributed by atoms with Gasteiger partial charge in [0.2, 0.25) is 17.7 Å². The first-order valence-electron chi connectivity index (χ1n) is 10.2. The van der Waals surface area contributed by atoms with E-state index >= 15 is 0 Å². The summed E-state index contributed by atoms with van der Waals surface area (Å²) in [4.78, 5) is 41.7. The van der Waals surface area contributed by atoms with Crippen LogP contribution in [0.1, 0.15) is 37.7 Å². The number of imide groups is 1. The maximum absolute atomic E-state index is 14.1. The van der Waals surface area contributed by atoms with Gasteiger partial charge < -0.3 is 5.32 Å². The van der Waals surface area contributed by atoms with Crippen LogP contribution in [-0.4, -0.2) is 46.7 Å². The number of hydrogen-bond donors (Lipinski definition) is 2. The number of halogens is 1. The van der Waals surface area contributed by atoms with Gasteiger partial charge in [0, 0.05) is 23.3 Å². The lowest BCUT2D eigenvalue weighted by Gasteiger charge is -2.31. The SMILES string of the molecule is CSCC[C@@H]1N[C@@]2(C(=O)Nc3ccc(F)cc32)[C@H]2C(=O)N(C3CCCC3)C(=O)[C@H]12. The minimum atomic E-state index is -1.38. The zero-order valence-electron chi connectivity index (χ0n) is 16.2. The molecule has 2 N–H and O–H groups in total. The number of benzene rings is 1. The number of thioether (sulfide) groups is 1. The topological polar surface area (TPSA) is 78.5 Å². The van der Waals surface area contributed by atoms with Crippen molar-refractivity contribution in [2.75, 3.05) is 17.3 Å². The van der Waals surface area contributed by atoms with Crippen LogP contribution in [0.2, 0.25) is 0 Å². The van der Waals surface area contributed by atoms with E-state index in [1.807, 2.05) is 6.26 Å². The first-order chi connectivity index (χ1) is 14.0. The fourth-order valence-corrected chi connectivity index (χ4v) is 6.30. The molecular weight excluding hydrogens is 393 g/mol. The van der Waals surface area contributed by atoms with Gasteiger partial charge in [-0.3, -0.25) is 24.6 Å². The monoisotopic (exact) mass is 417 g/mol. The Morgan fingerprint density at radius 2 is 1.97 bits per heavy atom. The number of anilines is 1. The van der Waals surface area contributed by atoms with Crippen molar-refractivity contribution in [3.63, 3.8) is 0 Å². The zero-order chi connectivity index (χ0) is 20.3. The van der Waals surface area contributed by atoms with E-state index in [1.165, 1.54) is 23.1 Å². The smallest absolute Gasteiger partial charge is 0.250 e. The van der Waals surface area contributed by atoms with Crippen LogP contribution < -0.4 is 10.6 Å². The molecule has 0 aromatic heterocycles. The predicted molar refractivity (Wildman–Crippen MR) is 108 cm³/mol. The number of likely N-dealkylation sites (tertiary alicyclic amines) is 1. The van der Waals surface area contributed by atoms with Crippen LogP contribution in [-0.2, 0) is 19.9 Å². The quantitative estimate of drug-likeness (QED) is 0.735. The molecule has 3 aliphatic heterocycles. The maximum atomic E-state index is 14.1. The Morgan fingerprint density at radius 3 is 2.69 bits per heavy atom. The van der Waals surface area contributed by atoms with Crippen molar-refractivity contribution < 1.29 is 18.8 Å². The van der Waals surface area contributed by atoms with E-state index in [9.17, 15) is 18.8 Å². The third-order valence-corrected chi connectivity index (χ3v) is 7.68. The zero-order valence-corrected chi connectivity index (χ0v) is 17.1. The second-order valence-corrected chi connectivity index (χ2v) is 9.46. The Bertz CT molecular complexity index is 903. The highest BCUT2D eigenvalue weighted by molar-refractivity contribution is 7.98. The molecule has 1 aliphatic carbocycles. The molecule has 5 rings (SSSR count). The first-order valence-corrected chi connectivity index (χ1v) is 11.6. The Morgan fingerprint density at radius 1 is 1.21 bits per heavy atom. The molecule has 2 saturated heterocycles. The van der Waals surface area contributed by atoms with E-state index in [0.29, 0.717) is 17.7 Å². The molecule has 0 radical (unpaired) electrons. The minimum Gasteiger partial charge on any atom is -0.324 e. The van der Waals surface area contributed by atoms with Crippen LogP contribution in [0.25, 0.3) is 0 Å². The van der Waals surface area contributed by atoms with Crippen molar-refractivity contribution in [3.8, 4) is 0 Å². The fraction of sp³-hybridized carbons (Fsp3) is 0.571. The van der Waals surface area contributed by atoms with Gasteiger partial charge in [0.25, 0.3) is 0 Å². The first kappa shape index (κ1) is 19.1. The highest BCUT2D eigenvalue weighted by Gasteiger charge is 2.70. The normalized spacial score (nSPS) is 33.7. The molecule has 154 valence electrons. The van der Waals surface area contributed by atoms with Gasteiger partial charge in [0.15, 0.2) is 0 Å². The second kappa shape index (κ2) is 6.80. The number of hydrogen-bond acceptors (Lipinski definition) is 5. The van der Waals surface area contributed by atoms with Crippen molar-refractivity contribution in [2.45, 2.75) is 49.7 Å². The summed E-state index contributed by atoms with van der Waals surface area (Å²) < 4.78 is 14.1. The van der Waals surface area contributed by atoms with E-state index in [4.69, 9.17) is 0 Å². The third kappa shape index (κ3) is 2.54. The van der Waals surface area contributed by atoms with E-state index in [1.54, 1.807) is 11.8 Å². The van der Waals surface area contributed by atoms with Gasteiger partial charge in [-0.2, -0.15) is 11.8 Å². The van der Waals surface area contributed by atoms with Gasteiger partial charge in [-0.25, -0.2) is 4.39 Å². The van der Waals surface area contributed by atoms with Gasteiger partial charge >= 0.3 is 0 Å². The second-order valence-electron chi connectivity index (χ2n) is 8.47. The van der Waals surface area contributed by atoms with Crippen LogP contribution in [0.15, 0.2) is 18.2 Å². The predicted octanol–water partition coefficient (Wildman–Crippen LogP) is 2.24. The van der Waals surface area contributed by atoms with Crippen LogP contribution in [0.5, 0.6) is 0 Å². The molecule has 4 atom stereocenters. The molecular formula is C21H24FN3O3S. The molecule has 29 heavy (non-hydrogen) atoms. The highest BCUT2D eigenvalue weighted by atomic mass is 32.2. The Hall–Kier alpha value is -1.93. The van der Waals surface area contributed by atoms with Crippen molar-refractivity contribution in [3.05, 3.63) is 29.6 Å². The molecule has 3 heterocycles. The summed E-state index contributed by atoms with van der Waals surface area (Å²) in [5.41, 5.74) is -0.433. The number of nitrogens with one attached hydrogen (secondary N) is 2. The van der Waals surface area contributed by atoms with Gasteiger partial charge in [-0.05, 0) is 49.5 Å².